The molecule has 4 nitrogen and oxygen atoms in total. The Kier molecular flexibility index (Phi) is 2.95. The van der Waals surface area contributed by atoms with Gasteiger partial charge in [-0.05, 0) is 20.3 Å². The average molecular weight is 303 g/mol. The van der Waals surface area contributed by atoms with Crippen molar-refractivity contribution in [3.8, 4) is 0 Å². The normalized spacial score (nSPS) is 21.4. The molecule has 1 fully saturated rings. The average Bonchev–Trinajstić information content (AvgIpc) is 2.70. The maximum absolute atomic E-state index is 6.01. The van der Waals surface area contributed by atoms with E-state index in [1.807, 2.05) is 24.3 Å². The summed E-state index contributed by atoms with van der Waals surface area (Å²) in [5.41, 5.74) is 1.79. The maximum atomic E-state index is 6.01. The molecule has 18 heavy (non-hydrogen) atoms. The quantitative estimate of drug-likeness (QED) is 0.646. The Morgan fingerprint density at radius 3 is 2.83 bits per heavy atom. The lowest BCUT2D eigenvalue weighted by molar-refractivity contribution is 0.849. The van der Waals surface area contributed by atoms with Crippen LogP contribution in [0.15, 0.2) is 11.2 Å². The van der Waals surface area contributed by atoms with E-state index in [1.54, 1.807) is 11.8 Å². The molecule has 0 bridgehead atoms. The Hall–Kier alpha value is -0.520. The summed E-state index contributed by atoms with van der Waals surface area (Å²) in [7, 11) is 0. The molecule has 96 valence electrons. The molecule has 2 aromatic rings. The maximum Gasteiger partial charge on any atom is 0.197 e. The second-order valence-electron chi connectivity index (χ2n) is 4.59. The van der Waals surface area contributed by atoms with Crippen molar-refractivity contribution < 1.29 is 0 Å². The van der Waals surface area contributed by atoms with Gasteiger partial charge in [-0.1, -0.05) is 11.8 Å². The van der Waals surface area contributed by atoms with Crippen LogP contribution >= 0.6 is 35.0 Å². The van der Waals surface area contributed by atoms with Gasteiger partial charge in [-0.2, -0.15) is 0 Å². The molecule has 1 atom stereocenters. The highest BCUT2D eigenvalue weighted by molar-refractivity contribution is 7.99. The van der Waals surface area contributed by atoms with E-state index in [1.165, 1.54) is 0 Å². The molecule has 1 aliphatic rings. The molecule has 7 heteroatoms. The molecule has 0 radical (unpaired) electrons. The molecular weight excluding hydrogens is 291 g/mol. The highest BCUT2D eigenvalue weighted by atomic mass is 35.5. The number of hydrogen-bond acceptors (Lipinski definition) is 4. The third kappa shape index (κ3) is 2.19. The number of hydrogen-bond donors (Lipinski definition) is 0. The molecule has 1 saturated carbocycles. The van der Waals surface area contributed by atoms with E-state index < -0.39 is 4.33 Å². The van der Waals surface area contributed by atoms with E-state index in [-0.39, 0.29) is 0 Å². The fraction of sp³-hybridized carbons (Fsp3) is 0.545. The lowest BCUT2D eigenvalue weighted by atomic mass is 10.4. The number of aromatic nitrogens is 4. The predicted molar refractivity (Wildman–Crippen MR) is 73.5 cm³/mol. The largest absolute Gasteiger partial charge is 0.258 e. The Bertz CT molecular complexity index is 610. The summed E-state index contributed by atoms with van der Waals surface area (Å²) in [5.74, 6) is 2.11. The van der Waals surface area contributed by atoms with Gasteiger partial charge in [0.15, 0.2) is 10.8 Å². The second kappa shape index (κ2) is 4.25. The van der Waals surface area contributed by atoms with Crippen molar-refractivity contribution in [3.05, 3.63) is 17.6 Å². The fourth-order valence-electron chi connectivity index (χ4n) is 1.92. The van der Waals surface area contributed by atoms with E-state index in [0.29, 0.717) is 5.92 Å². The number of aryl methyl sites for hydroxylation is 2. The highest BCUT2D eigenvalue weighted by Gasteiger charge is 2.51. The van der Waals surface area contributed by atoms with Gasteiger partial charge in [0.05, 0.1) is 0 Å². The standard InChI is InChI=1S/C11H12Cl2N4S/c1-6-3-9-15-16-10(17(9)7(2)14-6)18-5-8-4-11(8,12)13/h3,8H,4-5H2,1-2H3/t8-/m0/s1. The first kappa shape index (κ1) is 12.5. The molecule has 2 heterocycles. The Morgan fingerprint density at radius 2 is 2.17 bits per heavy atom. The molecule has 0 unspecified atom stereocenters. The number of fused-ring (bicyclic) bond motifs is 1. The first-order chi connectivity index (χ1) is 8.47. The molecule has 3 rings (SSSR count). The monoisotopic (exact) mass is 302 g/mol. The third-order valence-corrected chi connectivity index (χ3v) is 5.04. The first-order valence-electron chi connectivity index (χ1n) is 5.67. The van der Waals surface area contributed by atoms with Crippen LogP contribution in [-0.4, -0.2) is 29.7 Å². The number of rotatable bonds is 3. The van der Waals surface area contributed by atoms with E-state index in [9.17, 15) is 0 Å². The van der Waals surface area contributed by atoms with Crippen LogP contribution < -0.4 is 0 Å². The topological polar surface area (TPSA) is 43.1 Å². The Balaban J connectivity index is 1.84. The van der Waals surface area contributed by atoms with Gasteiger partial charge in [-0.3, -0.25) is 4.40 Å². The van der Waals surface area contributed by atoms with Crippen LogP contribution in [0, 0.1) is 19.8 Å². The predicted octanol–water partition coefficient (Wildman–Crippen LogP) is 3.03. The van der Waals surface area contributed by atoms with Gasteiger partial charge in [0.1, 0.15) is 10.2 Å². The van der Waals surface area contributed by atoms with Crippen molar-refractivity contribution in [1.82, 2.24) is 19.6 Å². The van der Waals surface area contributed by atoms with Gasteiger partial charge in [-0.15, -0.1) is 33.4 Å². The molecule has 2 aromatic heterocycles. The zero-order valence-corrected chi connectivity index (χ0v) is 12.4. The Labute approximate surface area is 119 Å². The van der Waals surface area contributed by atoms with Crippen molar-refractivity contribution in [2.24, 2.45) is 5.92 Å². The summed E-state index contributed by atoms with van der Waals surface area (Å²) in [6, 6.07) is 1.93. The molecule has 0 aromatic carbocycles. The zero-order valence-electron chi connectivity index (χ0n) is 10.0. The van der Waals surface area contributed by atoms with Crippen LogP contribution in [0.25, 0.3) is 5.65 Å². The van der Waals surface area contributed by atoms with Crippen molar-refractivity contribution in [2.75, 3.05) is 5.75 Å². The zero-order chi connectivity index (χ0) is 12.9. The van der Waals surface area contributed by atoms with Gasteiger partial charge < -0.3 is 0 Å². The van der Waals surface area contributed by atoms with Gasteiger partial charge in [0.2, 0.25) is 0 Å². The smallest absolute Gasteiger partial charge is 0.197 e. The summed E-state index contributed by atoms with van der Waals surface area (Å²) in [6.07, 6.45) is 0.857. The van der Waals surface area contributed by atoms with Crippen molar-refractivity contribution in [1.29, 1.82) is 0 Å². The SMILES string of the molecule is Cc1cc2nnc(SC[C@@H]3CC3(Cl)Cl)n2c(C)n1. The minimum atomic E-state index is -0.530. The van der Waals surface area contributed by atoms with Crippen LogP contribution in [0.4, 0.5) is 0 Å². The van der Waals surface area contributed by atoms with E-state index in [0.717, 1.165) is 34.5 Å². The molecular formula is C11H12Cl2N4S. The molecule has 1 aliphatic carbocycles. The minimum Gasteiger partial charge on any atom is -0.258 e. The van der Waals surface area contributed by atoms with Crippen molar-refractivity contribution in [3.63, 3.8) is 0 Å². The number of nitrogens with zero attached hydrogens (tertiary/aromatic N) is 4. The van der Waals surface area contributed by atoms with E-state index in [2.05, 4.69) is 15.2 Å². The van der Waals surface area contributed by atoms with Crippen molar-refractivity contribution >= 4 is 40.6 Å². The van der Waals surface area contributed by atoms with E-state index >= 15 is 0 Å². The number of alkyl halides is 2. The summed E-state index contributed by atoms with van der Waals surface area (Å²) >= 11 is 13.7. The second-order valence-corrected chi connectivity index (χ2v) is 7.12. The van der Waals surface area contributed by atoms with Crippen LogP contribution in [0.3, 0.4) is 0 Å². The van der Waals surface area contributed by atoms with Crippen molar-refractivity contribution in [2.45, 2.75) is 29.8 Å². The van der Waals surface area contributed by atoms with Gasteiger partial charge in [-0.25, -0.2) is 4.98 Å². The number of thioether (sulfide) groups is 1. The van der Waals surface area contributed by atoms with Gasteiger partial charge in [0, 0.05) is 23.4 Å². The molecule has 0 saturated heterocycles. The van der Waals surface area contributed by atoms with Crippen LogP contribution in [-0.2, 0) is 0 Å². The van der Waals surface area contributed by atoms with Crippen LogP contribution in [0.2, 0.25) is 0 Å². The van der Waals surface area contributed by atoms with Gasteiger partial charge >= 0.3 is 0 Å². The minimum absolute atomic E-state index is 0.344. The first-order valence-corrected chi connectivity index (χ1v) is 7.41. The molecule has 0 amide bonds. The molecule has 0 spiro atoms. The number of halogens is 2. The highest BCUT2D eigenvalue weighted by Crippen LogP contribution is 2.54. The summed E-state index contributed by atoms with van der Waals surface area (Å²) in [4.78, 5) is 4.42. The van der Waals surface area contributed by atoms with E-state index in [4.69, 9.17) is 23.2 Å². The fourth-order valence-corrected chi connectivity index (χ4v) is 3.84. The third-order valence-electron chi connectivity index (χ3n) is 3.03. The lowest BCUT2D eigenvalue weighted by Crippen LogP contribution is -2.00. The molecule has 0 N–H and O–H groups in total. The molecule has 0 aliphatic heterocycles. The summed E-state index contributed by atoms with van der Waals surface area (Å²) in [5, 5.41) is 9.21. The Morgan fingerprint density at radius 1 is 1.44 bits per heavy atom. The van der Waals surface area contributed by atoms with Crippen LogP contribution in [0.1, 0.15) is 17.9 Å². The summed E-state index contributed by atoms with van der Waals surface area (Å²) in [6.45, 7) is 3.91. The van der Waals surface area contributed by atoms with Gasteiger partial charge in [0.25, 0.3) is 0 Å². The summed E-state index contributed by atoms with van der Waals surface area (Å²) < 4.78 is 1.43. The lowest BCUT2D eigenvalue weighted by Gasteiger charge is -2.03. The van der Waals surface area contributed by atoms with Crippen LogP contribution in [0.5, 0.6) is 0 Å².